The van der Waals surface area contributed by atoms with Crippen LogP contribution < -0.4 is 20.7 Å². The zero-order valence-corrected chi connectivity index (χ0v) is 15.7. The van der Waals surface area contributed by atoms with E-state index in [0.717, 1.165) is 17.8 Å². The van der Waals surface area contributed by atoms with Gasteiger partial charge in [0, 0.05) is 23.8 Å². The average molecular weight is 353 g/mol. The van der Waals surface area contributed by atoms with Crippen LogP contribution in [0, 0.1) is 6.92 Å². The molecule has 2 aromatic carbocycles. The number of nitrogens with one attached hydrogen (secondary N) is 1. The molecule has 138 valence electrons. The third-order valence-electron chi connectivity index (χ3n) is 5.06. The van der Waals surface area contributed by atoms with E-state index in [1.165, 1.54) is 19.3 Å². The molecule has 26 heavy (non-hydrogen) atoms. The Hall–Kier alpha value is -2.69. The van der Waals surface area contributed by atoms with Gasteiger partial charge in [0.15, 0.2) is 0 Å². The molecule has 0 spiro atoms. The first kappa shape index (κ1) is 18.1. The maximum absolute atomic E-state index is 12.6. The van der Waals surface area contributed by atoms with Gasteiger partial charge in [0.05, 0.1) is 18.5 Å². The van der Waals surface area contributed by atoms with Crippen molar-refractivity contribution in [3.05, 3.63) is 47.5 Å². The SMILES string of the molecule is COc1cccc(C(=O)Nc2cc(N3CCCC[C@H]3C)c(C)cc2N)c1. The highest BCUT2D eigenvalue weighted by molar-refractivity contribution is 6.06. The summed E-state index contributed by atoms with van der Waals surface area (Å²) in [5.41, 5.74) is 10.2. The van der Waals surface area contributed by atoms with Crippen molar-refractivity contribution in [2.24, 2.45) is 0 Å². The molecule has 0 aliphatic carbocycles. The van der Waals surface area contributed by atoms with Crippen LogP contribution in [0.5, 0.6) is 5.75 Å². The number of piperidine rings is 1. The Labute approximate surface area is 155 Å². The van der Waals surface area contributed by atoms with Gasteiger partial charge in [-0.3, -0.25) is 4.79 Å². The fraction of sp³-hybridized carbons (Fsp3) is 0.381. The minimum Gasteiger partial charge on any atom is -0.497 e. The molecule has 1 fully saturated rings. The van der Waals surface area contributed by atoms with Crippen molar-refractivity contribution in [2.75, 3.05) is 29.6 Å². The second kappa shape index (κ2) is 7.68. The summed E-state index contributed by atoms with van der Waals surface area (Å²) < 4.78 is 5.19. The Balaban J connectivity index is 1.87. The Kier molecular flexibility index (Phi) is 5.35. The number of aryl methyl sites for hydroxylation is 1. The van der Waals surface area contributed by atoms with E-state index in [1.807, 2.05) is 18.2 Å². The smallest absolute Gasteiger partial charge is 0.255 e. The van der Waals surface area contributed by atoms with Crippen LogP contribution in [0.25, 0.3) is 0 Å². The van der Waals surface area contributed by atoms with Crippen LogP contribution >= 0.6 is 0 Å². The zero-order chi connectivity index (χ0) is 18.7. The van der Waals surface area contributed by atoms with Crippen molar-refractivity contribution >= 4 is 23.0 Å². The molecule has 1 saturated heterocycles. The standard InChI is InChI=1S/C21H27N3O2/c1-14-11-18(22)19(13-20(14)24-10-5-4-7-15(24)2)23-21(25)16-8-6-9-17(12-16)26-3/h6,8-9,11-13,15H,4-5,7,10,22H2,1-3H3,(H,23,25)/t15-/m1/s1. The number of amides is 1. The first-order chi connectivity index (χ1) is 12.5. The number of hydrogen-bond acceptors (Lipinski definition) is 4. The second-order valence-corrected chi connectivity index (χ2v) is 6.95. The molecule has 3 rings (SSSR count). The number of carbonyl (C=O) groups is 1. The van der Waals surface area contributed by atoms with E-state index in [4.69, 9.17) is 10.5 Å². The normalized spacial score (nSPS) is 17.0. The predicted molar refractivity (Wildman–Crippen MR) is 107 cm³/mol. The summed E-state index contributed by atoms with van der Waals surface area (Å²) in [6, 6.07) is 11.5. The number of nitrogens with two attached hydrogens (primary N) is 1. The molecular weight excluding hydrogens is 326 g/mol. The minimum absolute atomic E-state index is 0.197. The third kappa shape index (κ3) is 3.77. The van der Waals surface area contributed by atoms with Crippen LogP contribution in [0.2, 0.25) is 0 Å². The Morgan fingerprint density at radius 1 is 1.27 bits per heavy atom. The average Bonchev–Trinajstić information content (AvgIpc) is 2.64. The van der Waals surface area contributed by atoms with Gasteiger partial charge in [0.25, 0.3) is 5.91 Å². The molecule has 2 aromatic rings. The van der Waals surface area contributed by atoms with Gasteiger partial charge in [-0.05, 0) is 69.0 Å². The molecule has 1 aliphatic heterocycles. The van der Waals surface area contributed by atoms with E-state index >= 15 is 0 Å². The number of methoxy groups -OCH3 is 1. The highest BCUT2D eigenvalue weighted by Crippen LogP contribution is 2.33. The lowest BCUT2D eigenvalue weighted by molar-refractivity contribution is 0.102. The predicted octanol–water partition coefficient (Wildman–Crippen LogP) is 4.22. The van der Waals surface area contributed by atoms with E-state index in [0.29, 0.717) is 28.7 Å². The van der Waals surface area contributed by atoms with Gasteiger partial charge in [-0.25, -0.2) is 0 Å². The maximum atomic E-state index is 12.6. The Bertz CT molecular complexity index is 804. The largest absolute Gasteiger partial charge is 0.497 e. The van der Waals surface area contributed by atoms with E-state index in [1.54, 1.807) is 25.3 Å². The van der Waals surface area contributed by atoms with Gasteiger partial charge in [0.2, 0.25) is 0 Å². The lowest BCUT2D eigenvalue weighted by Gasteiger charge is -2.36. The van der Waals surface area contributed by atoms with E-state index in [2.05, 4.69) is 24.1 Å². The molecule has 1 amide bonds. The van der Waals surface area contributed by atoms with Crippen LogP contribution in [0.1, 0.15) is 42.1 Å². The van der Waals surface area contributed by atoms with Gasteiger partial charge in [-0.15, -0.1) is 0 Å². The van der Waals surface area contributed by atoms with Crippen LogP contribution in [0.4, 0.5) is 17.1 Å². The summed E-state index contributed by atoms with van der Waals surface area (Å²) >= 11 is 0. The number of hydrogen-bond donors (Lipinski definition) is 2. The molecule has 1 atom stereocenters. The van der Waals surface area contributed by atoms with Crippen LogP contribution in [0.3, 0.4) is 0 Å². The van der Waals surface area contributed by atoms with Gasteiger partial charge in [0.1, 0.15) is 5.75 Å². The number of anilines is 3. The zero-order valence-electron chi connectivity index (χ0n) is 15.7. The van der Waals surface area contributed by atoms with Crippen molar-refractivity contribution in [3.63, 3.8) is 0 Å². The molecule has 0 unspecified atom stereocenters. The number of nitrogens with zero attached hydrogens (tertiary/aromatic N) is 1. The number of ether oxygens (including phenoxy) is 1. The highest BCUT2D eigenvalue weighted by atomic mass is 16.5. The lowest BCUT2D eigenvalue weighted by Crippen LogP contribution is -2.37. The first-order valence-electron chi connectivity index (χ1n) is 9.11. The fourth-order valence-electron chi connectivity index (χ4n) is 3.55. The fourth-order valence-corrected chi connectivity index (χ4v) is 3.55. The van der Waals surface area contributed by atoms with Crippen LogP contribution in [-0.2, 0) is 0 Å². The van der Waals surface area contributed by atoms with Crippen molar-refractivity contribution < 1.29 is 9.53 Å². The molecule has 5 nitrogen and oxygen atoms in total. The number of carbonyl (C=O) groups excluding carboxylic acids is 1. The molecule has 0 saturated carbocycles. The number of nitrogen functional groups attached to an aromatic ring is 1. The number of benzene rings is 2. The summed E-state index contributed by atoms with van der Waals surface area (Å²) in [5, 5.41) is 2.95. The molecule has 0 bridgehead atoms. The topological polar surface area (TPSA) is 67.6 Å². The monoisotopic (exact) mass is 353 g/mol. The van der Waals surface area contributed by atoms with Crippen molar-refractivity contribution in [2.45, 2.75) is 39.2 Å². The number of rotatable bonds is 4. The van der Waals surface area contributed by atoms with Crippen molar-refractivity contribution in [1.29, 1.82) is 0 Å². The molecule has 0 radical (unpaired) electrons. The molecule has 1 aliphatic rings. The summed E-state index contributed by atoms with van der Waals surface area (Å²) in [7, 11) is 1.58. The minimum atomic E-state index is -0.197. The summed E-state index contributed by atoms with van der Waals surface area (Å²) in [4.78, 5) is 15.1. The second-order valence-electron chi connectivity index (χ2n) is 6.95. The van der Waals surface area contributed by atoms with E-state index < -0.39 is 0 Å². The quantitative estimate of drug-likeness (QED) is 0.808. The van der Waals surface area contributed by atoms with Gasteiger partial charge >= 0.3 is 0 Å². The van der Waals surface area contributed by atoms with Gasteiger partial charge in [-0.2, -0.15) is 0 Å². The van der Waals surface area contributed by atoms with E-state index in [-0.39, 0.29) is 5.91 Å². The highest BCUT2D eigenvalue weighted by Gasteiger charge is 2.21. The molecular formula is C21H27N3O2. The third-order valence-corrected chi connectivity index (χ3v) is 5.06. The van der Waals surface area contributed by atoms with Gasteiger partial charge in [-0.1, -0.05) is 6.07 Å². The van der Waals surface area contributed by atoms with E-state index in [9.17, 15) is 4.79 Å². The molecule has 5 heteroatoms. The Morgan fingerprint density at radius 3 is 2.81 bits per heavy atom. The first-order valence-corrected chi connectivity index (χ1v) is 9.11. The molecule has 0 aromatic heterocycles. The van der Waals surface area contributed by atoms with Crippen LogP contribution in [-0.4, -0.2) is 25.6 Å². The summed E-state index contributed by atoms with van der Waals surface area (Å²) in [6.45, 7) is 5.36. The summed E-state index contributed by atoms with van der Waals surface area (Å²) in [6.07, 6.45) is 3.65. The lowest BCUT2D eigenvalue weighted by atomic mass is 10.0. The van der Waals surface area contributed by atoms with Crippen molar-refractivity contribution in [1.82, 2.24) is 0 Å². The van der Waals surface area contributed by atoms with Gasteiger partial charge < -0.3 is 20.7 Å². The maximum Gasteiger partial charge on any atom is 0.255 e. The van der Waals surface area contributed by atoms with Crippen molar-refractivity contribution in [3.8, 4) is 5.75 Å². The Morgan fingerprint density at radius 2 is 2.08 bits per heavy atom. The molecule has 3 N–H and O–H groups in total. The molecule has 1 heterocycles. The van der Waals surface area contributed by atoms with Crippen LogP contribution in [0.15, 0.2) is 36.4 Å². The summed E-state index contributed by atoms with van der Waals surface area (Å²) in [5.74, 6) is 0.453.